The number of rotatable bonds is 3. The number of aromatic carboxylic acids is 1. The lowest BCUT2D eigenvalue weighted by atomic mass is 10.0. The van der Waals surface area contributed by atoms with Gasteiger partial charge in [0, 0.05) is 5.92 Å². The maximum atomic E-state index is 12.3. The van der Waals surface area contributed by atoms with E-state index in [9.17, 15) is 14.7 Å². The van der Waals surface area contributed by atoms with E-state index in [0.29, 0.717) is 0 Å². The topological polar surface area (TPSA) is 66.4 Å². The summed E-state index contributed by atoms with van der Waals surface area (Å²) in [6.07, 6.45) is 0. The molecule has 0 spiro atoms. The summed E-state index contributed by atoms with van der Waals surface area (Å²) in [7, 11) is 0. The largest absolute Gasteiger partial charge is 0.478 e. The van der Waals surface area contributed by atoms with Crippen LogP contribution in [0.25, 0.3) is 0 Å². The second-order valence-corrected chi connectivity index (χ2v) is 6.74. The normalized spacial score (nSPS) is 19.4. The standard InChI is InChI=1S/C15H18ClNO3/c1-14(2)11(15(14,3)4)12(18)17-9-7-5-6-8(16)10(9)13(19)20/h5-7,11H,1-4H3,(H,17,18)(H,19,20). The second kappa shape index (κ2) is 4.48. The van der Waals surface area contributed by atoms with E-state index in [1.807, 2.05) is 27.7 Å². The molecule has 1 amide bonds. The predicted octanol–water partition coefficient (Wildman–Crippen LogP) is 3.66. The van der Waals surface area contributed by atoms with E-state index in [4.69, 9.17) is 11.6 Å². The van der Waals surface area contributed by atoms with Crippen LogP contribution in [-0.2, 0) is 4.79 Å². The molecule has 0 aromatic heterocycles. The minimum absolute atomic E-state index is 0.0706. The molecule has 1 fully saturated rings. The Morgan fingerprint density at radius 1 is 1.20 bits per heavy atom. The summed E-state index contributed by atoms with van der Waals surface area (Å²) in [6.45, 7) is 8.14. The monoisotopic (exact) mass is 295 g/mol. The van der Waals surface area contributed by atoms with Gasteiger partial charge in [-0.25, -0.2) is 4.79 Å². The summed E-state index contributed by atoms with van der Waals surface area (Å²) in [6, 6.07) is 4.66. The Morgan fingerprint density at radius 3 is 2.20 bits per heavy atom. The first-order chi connectivity index (χ1) is 9.10. The third kappa shape index (κ3) is 2.08. The maximum Gasteiger partial charge on any atom is 0.339 e. The van der Waals surface area contributed by atoms with Crippen molar-refractivity contribution in [3.8, 4) is 0 Å². The van der Waals surface area contributed by atoms with E-state index < -0.39 is 5.97 Å². The molecule has 1 aromatic carbocycles. The number of carbonyl (C=O) groups excluding carboxylic acids is 1. The average molecular weight is 296 g/mol. The van der Waals surface area contributed by atoms with E-state index in [1.165, 1.54) is 6.07 Å². The molecule has 0 aliphatic heterocycles. The van der Waals surface area contributed by atoms with Gasteiger partial charge in [0.15, 0.2) is 0 Å². The number of nitrogens with one attached hydrogen (secondary N) is 1. The van der Waals surface area contributed by atoms with Gasteiger partial charge >= 0.3 is 5.97 Å². The van der Waals surface area contributed by atoms with Gasteiger partial charge in [0.2, 0.25) is 5.91 Å². The minimum Gasteiger partial charge on any atom is -0.478 e. The van der Waals surface area contributed by atoms with E-state index in [2.05, 4.69) is 5.32 Å². The van der Waals surface area contributed by atoms with Gasteiger partial charge in [-0.2, -0.15) is 0 Å². The lowest BCUT2D eigenvalue weighted by Crippen LogP contribution is -2.19. The summed E-state index contributed by atoms with van der Waals surface area (Å²) in [4.78, 5) is 23.6. The molecule has 20 heavy (non-hydrogen) atoms. The van der Waals surface area contributed by atoms with E-state index >= 15 is 0 Å². The van der Waals surface area contributed by atoms with Gasteiger partial charge in [-0.3, -0.25) is 4.79 Å². The molecule has 1 aliphatic rings. The summed E-state index contributed by atoms with van der Waals surface area (Å²) in [5.41, 5.74) is -0.0229. The highest BCUT2D eigenvalue weighted by atomic mass is 35.5. The summed E-state index contributed by atoms with van der Waals surface area (Å²) < 4.78 is 0. The van der Waals surface area contributed by atoms with Gasteiger partial charge in [-0.05, 0) is 23.0 Å². The highest BCUT2D eigenvalue weighted by Crippen LogP contribution is 2.68. The second-order valence-electron chi connectivity index (χ2n) is 6.33. The predicted molar refractivity (Wildman–Crippen MR) is 78.1 cm³/mol. The molecule has 0 atom stereocenters. The van der Waals surface area contributed by atoms with Crippen molar-refractivity contribution >= 4 is 29.2 Å². The van der Waals surface area contributed by atoms with Gasteiger partial charge in [-0.1, -0.05) is 45.4 Å². The fraction of sp³-hybridized carbons (Fsp3) is 0.467. The minimum atomic E-state index is -1.15. The zero-order valence-corrected chi connectivity index (χ0v) is 12.7. The molecule has 2 rings (SSSR count). The van der Waals surface area contributed by atoms with Crippen LogP contribution in [0.5, 0.6) is 0 Å². The fourth-order valence-corrected chi connectivity index (χ4v) is 3.16. The van der Waals surface area contributed by atoms with Crippen molar-refractivity contribution in [3.63, 3.8) is 0 Å². The molecule has 0 unspecified atom stereocenters. The van der Waals surface area contributed by atoms with Crippen molar-refractivity contribution < 1.29 is 14.7 Å². The molecular formula is C15H18ClNO3. The maximum absolute atomic E-state index is 12.3. The van der Waals surface area contributed by atoms with Crippen LogP contribution in [0.15, 0.2) is 18.2 Å². The molecule has 0 radical (unpaired) electrons. The summed E-state index contributed by atoms with van der Waals surface area (Å²) >= 11 is 5.88. The fourth-order valence-electron chi connectivity index (χ4n) is 2.90. The molecule has 108 valence electrons. The first kappa shape index (κ1) is 14.9. The Bertz CT molecular complexity index is 579. The Morgan fingerprint density at radius 2 is 1.75 bits per heavy atom. The molecule has 4 nitrogen and oxygen atoms in total. The number of carboxylic acids is 1. The van der Waals surface area contributed by atoms with E-state index in [1.54, 1.807) is 12.1 Å². The average Bonchev–Trinajstić information content (AvgIpc) is 2.68. The van der Waals surface area contributed by atoms with Crippen molar-refractivity contribution in [1.29, 1.82) is 0 Å². The van der Waals surface area contributed by atoms with E-state index in [-0.39, 0.29) is 38.9 Å². The lowest BCUT2D eigenvalue weighted by Gasteiger charge is -2.10. The quantitative estimate of drug-likeness (QED) is 0.894. The van der Waals surface area contributed by atoms with Crippen LogP contribution in [-0.4, -0.2) is 17.0 Å². The Kier molecular flexibility index (Phi) is 3.33. The zero-order valence-electron chi connectivity index (χ0n) is 12.0. The molecule has 0 saturated heterocycles. The van der Waals surface area contributed by atoms with Crippen LogP contribution >= 0.6 is 11.6 Å². The highest BCUT2D eigenvalue weighted by molar-refractivity contribution is 6.34. The van der Waals surface area contributed by atoms with Gasteiger partial charge in [-0.15, -0.1) is 0 Å². The Balaban J connectivity index is 2.27. The number of carbonyl (C=O) groups is 2. The molecule has 5 heteroatoms. The lowest BCUT2D eigenvalue weighted by molar-refractivity contribution is -0.118. The van der Waals surface area contributed by atoms with Crippen molar-refractivity contribution in [1.82, 2.24) is 0 Å². The zero-order chi connectivity index (χ0) is 15.3. The van der Waals surface area contributed by atoms with Crippen LogP contribution in [0, 0.1) is 16.7 Å². The van der Waals surface area contributed by atoms with Crippen LogP contribution < -0.4 is 5.32 Å². The third-order valence-electron chi connectivity index (χ3n) is 4.77. The van der Waals surface area contributed by atoms with Gasteiger partial charge in [0.1, 0.15) is 5.56 Å². The number of carboxylic acid groups (broad SMARTS) is 1. The number of hydrogen-bond acceptors (Lipinski definition) is 2. The molecule has 1 aromatic rings. The summed E-state index contributed by atoms with van der Waals surface area (Å²) in [5, 5.41) is 12.0. The number of hydrogen-bond donors (Lipinski definition) is 2. The highest BCUT2D eigenvalue weighted by Gasteiger charge is 2.68. The Hall–Kier alpha value is -1.55. The van der Waals surface area contributed by atoms with Crippen molar-refractivity contribution in [2.45, 2.75) is 27.7 Å². The first-order valence-electron chi connectivity index (χ1n) is 6.43. The van der Waals surface area contributed by atoms with Crippen LogP contribution in [0.1, 0.15) is 38.1 Å². The third-order valence-corrected chi connectivity index (χ3v) is 5.08. The summed E-state index contributed by atoms with van der Waals surface area (Å²) in [5.74, 6) is -1.46. The number of halogens is 1. The molecule has 0 bridgehead atoms. The van der Waals surface area contributed by atoms with Crippen molar-refractivity contribution in [2.75, 3.05) is 5.32 Å². The molecule has 2 N–H and O–H groups in total. The molecule has 0 heterocycles. The molecular weight excluding hydrogens is 278 g/mol. The van der Waals surface area contributed by atoms with Crippen LogP contribution in [0.4, 0.5) is 5.69 Å². The Labute approximate surface area is 123 Å². The van der Waals surface area contributed by atoms with Crippen LogP contribution in [0.3, 0.4) is 0 Å². The molecule has 1 aliphatic carbocycles. The van der Waals surface area contributed by atoms with Crippen molar-refractivity contribution in [2.24, 2.45) is 16.7 Å². The number of benzene rings is 1. The SMILES string of the molecule is CC1(C)C(C(=O)Nc2cccc(Cl)c2C(=O)O)C1(C)C. The molecule has 1 saturated carbocycles. The van der Waals surface area contributed by atoms with Gasteiger partial charge < -0.3 is 10.4 Å². The smallest absolute Gasteiger partial charge is 0.339 e. The van der Waals surface area contributed by atoms with Crippen LogP contribution in [0.2, 0.25) is 5.02 Å². The number of amides is 1. The van der Waals surface area contributed by atoms with Crippen molar-refractivity contribution in [3.05, 3.63) is 28.8 Å². The van der Waals surface area contributed by atoms with Gasteiger partial charge in [0.25, 0.3) is 0 Å². The van der Waals surface area contributed by atoms with Gasteiger partial charge in [0.05, 0.1) is 10.7 Å². The number of anilines is 1. The van der Waals surface area contributed by atoms with E-state index in [0.717, 1.165) is 0 Å². The first-order valence-corrected chi connectivity index (χ1v) is 6.81.